The summed E-state index contributed by atoms with van der Waals surface area (Å²) >= 11 is 0. The topological polar surface area (TPSA) is 21.3 Å². The normalized spacial score (nSPS) is 10.6. The predicted molar refractivity (Wildman–Crippen MR) is 84.1 cm³/mol. The summed E-state index contributed by atoms with van der Waals surface area (Å²) in [4.78, 5) is 0. The van der Waals surface area contributed by atoms with Crippen molar-refractivity contribution in [2.45, 2.75) is 26.8 Å². The van der Waals surface area contributed by atoms with Gasteiger partial charge in [0.05, 0.1) is 6.61 Å². The van der Waals surface area contributed by atoms with Crippen LogP contribution in [0.25, 0.3) is 0 Å². The zero-order valence-electron chi connectivity index (χ0n) is 12.7. The Bertz CT molecular complexity index is 546. The van der Waals surface area contributed by atoms with E-state index in [1.807, 2.05) is 6.07 Å². The van der Waals surface area contributed by atoms with E-state index >= 15 is 0 Å². The van der Waals surface area contributed by atoms with E-state index in [-0.39, 0.29) is 5.82 Å². The summed E-state index contributed by atoms with van der Waals surface area (Å²) in [5, 5.41) is 3.33. The molecule has 0 atom stereocenters. The molecule has 0 unspecified atom stereocenters. The van der Waals surface area contributed by atoms with Crippen molar-refractivity contribution in [3.63, 3.8) is 0 Å². The monoisotopic (exact) mass is 287 g/mol. The van der Waals surface area contributed by atoms with Crippen LogP contribution in [-0.4, -0.2) is 13.2 Å². The molecular weight excluding hydrogens is 265 g/mol. The van der Waals surface area contributed by atoms with Gasteiger partial charge in [-0.3, -0.25) is 0 Å². The van der Waals surface area contributed by atoms with Gasteiger partial charge >= 0.3 is 0 Å². The Kier molecular flexibility index (Phi) is 5.76. The van der Waals surface area contributed by atoms with Gasteiger partial charge in [0.2, 0.25) is 0 Å². The molecule has 0 fully saturated rings. The fourth-order valence-electron chi connectivity index (χ4n) is 2.23. The van der Waals surface area contributed by atoms with Gasteiger partial charge in [0.1, 0.15) is 11.6 Å². The molecule has 112 valence electrons. The van der Waals surface area contributed by atoms with Gasteiger partial charge < -0.3 is 10.1 Å². The van der Waals surface area contributed by atoms with Crippen LogP contribution in [0.1, 0.15) is 23.1 Å². The minimum atomic E-state index is -0.194. The van der Waals surface area contributed by atoms with Crippen LogP contribution in [0.3, 0.4) is 0 Å². The third-order valence-electron chi connectivity index (χ3n) is 3.40. The van der Waals surface area contributed by atoms with Crippen molar-refractivity contribution in [2.75, 3.05) is 13.2 Å². The van der Waals surface area contributed by atoms with Gasteiger partial charge in [-0.1, -0.05) is 30.3 Å². The number of rotatable bonds is 7. The smallest absolute Gasteiger partial charge is 0.125 e. The molecule has 21 heavy (non-hydrogen) atoms. The SMILES string of the molecule is Cc1cccc(C)c1OCCCNCc1ccc(F)cc1. The average molecular weight is 287 g/mol. The zero-order chi connectivity index (χ0) is 15.1. The lowest BCUT2D eigenvalue weighted by molar-refractivity contribution is 0.304. The Balaban J connectivity index is 1.65. The van der Waals surface area contributed by atoms with Crippen LogP contribution in [0.5, 0.6) is 5.75 Å². The molecule has 0 aliphatic rings. The first-order valence-corrected chi connectivity index (χ1v) is 7.31. The number of ether oxygens (including phenoxy) is 1. The van der Waals surface area contributed by atoms with Crippen molar-refractivity contribution in [1.82, 2.24) is 5.32 Å². The van der Waals surface area contributed by atoms with Crippen LogP contribution < -0.4 is 10.1 Å². The fraction of sp³-hybridized carbons (Fsp3) is 0.333. The molecule has 2 rings (SSSR count). The summed E-state index contributed by atoms with van der Waals surface area (Å²) in [7, 11) is 0. The number of para-hydroxylation sites is 1. The molecule has 0 aliphatic carbocycles. The molecule has 0 aromatic heterocycles. The van der Waals surface area contributed by atoms with Crippen molar-refractivity contribution in [2.24, 2.45) is 0 Å². The molecule has 2 aromatic rings. The van der Waals surface area contributed by atoms with E-state index in [0.29, 0.717) is 6.61 Å². The number of aryl methyl sites for hydroxylation is 2. The van der Waals surface area contributed by atoms with Crippen molar-refractivity contribution < 1.29 is 9.13 Å². The molecule has 3 heteroatoms. The standard InChI is InChI=1S/C18H22FNO/c1-14-5-3-6-15(2)18(14)21-12-4-11-20-13-16-7-9-17(19)10-8-16/h3,5-10,20H,4,11-13H2,1-2H3. The van der Waals surface area contributed by atoms with Crippen molar-refractivity contribution >= 4 is 0 Å². The Labute approximate surface area is 126 Å². The Morgan fingerprint density at radius 3 is 2.33 bits per heavy atom. The van der Waals surface area contributed by atoms with Gasteiger partial charge in [-0.05, 0) is 55.6 Å². The van der Waals surface area contributed by atoms with Crippen LogP contribution in [0.4, 0.5) is 4.39 Å². The second-order valence-electron chi connectivity index (χ2n) is 5.23. The van der Waals surface area contributed by atoms with Crippen molar-refractivity contribution in [3.8, 4) is 5.75 Å². The quantitative estimate of drug-likeness (QED) is 0.777. The Hall–Kier alpha value is -1.87. The predicted octanol–water partition coefficient (Wildman–Crippen LogP) is 4.00. The molecular formula is C18H22FNO. The third-order valence-corrected chi connectivity index (χ3v) is 3.40. The fourth-order valence-corrected chi connectivity index (χ4v) is 2.23. The first kappa shape index (κ1) is 15.5. The summed E-state index contributed by atoms with van der Waals surface area (Å²) in [6.45, 7) is 6.46. The summed E-state index contributed by atoms with van der Waals surface area (Å²) in [6, 6.07) is 12.7. The Morgan fingerprint density at radius 2 is 1.67 bits per heavy atom. The third kappa shape index (κ3) is 4.87. The number of nitrogens with one attached hydrogen (secondary N) is 1. The summed E-state index contributed by atoms with van der Waals surface area (Å²) in [5.74, 6) is 0.803. The molecule has 0 radical (unpaired) electrons. The van der Waals surface area contributed by atoms with Crippen LogP contribution in [0.15, 0.2) is 42.5 Å². The molecule has 0 bridgehead atoms. The number of halogens is 1. The number of hydrogen-bond donors (Lipinski definition) is 1. The summed E-state index contributed by atoms with van der Waals surface area (Å²) in [6.07, 6.45) is 0.939. The lowest BCUT2D eigenvalue weighted by Gasteiger charge is -2.12. The second kappa shape index (κ2) is 7.79. The maximum atomic E-state index is 12.8. The maximum absolute atomic E-state index is 12.8. The zero-order valence-corrected chi connectivity index (χ0v) is 12.7. The molecule has 0 heterocycles. The van der Waals surface area contributed by atoms with Gasteiger partial charge in [-0.2, -0.15) is 0 Å². The minimum Gasteiger partial charge on any atom is -0.493 e. The molecule has 0 saturated heterocycles. The second-order valence-corrected chi connectivity index (χ2v) is 5.23. The molecule has 0 spiro atoms. The highest BCUT2D eigenvalue weighted by molar-refractivity contribution is 5.39. The molecule has 0 amide bonds. The lowest BCUT2D eigenvalue weighted by atomic mass is 10.1. The van der Waals surface area contributed by atoms with E-state index in [1.54, 1.807) is 12.1 Å². The summed E-state index contributed by atoms with van der Waals surface area (Å²) < 4.78 is 18.6. The highest BCUT2D eigenvalue weighted by atomic mass is 19.1. The first-order chi connectivity index (χ1) is 10.2. The number of hydrogen-bond acceptors (Lipinski definition) is 2. The molecule has 1 N–H and O–H groups in total. The molecule has 2 aromatic carbocycles. The van der Waals surface area contributed by atoms with Gasteiger partial charge in [-0.15, -0.1) is 0 Å². The van der Waals surface area contributed by atoms with E-state index in [4.69, 9.17) is 4.74 Å². The van der Waals surface area contributed by atoms with Crippen molar-refractivity contribution in [3.05, 3.63) is 65.0 Å². The molecule has 0 saturated carbocycles. The average Bonchev–Trinajstić information content (AvgIpc) is 2.47. The van der Waals surface area contributed by atoms with Gasteiger partial charge in [-0.25, -0.2) is 4.39 Å². The van der Waals surface area contributed by atoms with E-state index in [0.717, 1.165) is 30.8 Å². The van der Waals surface area contributed by atoms with Crippen molar-refractivity contribution in [1.29, 1.82) is 0 Å². The van der Waals surface area contributed by atoms with E-state index < -0.39 is 0 Å². The highest BCUT2D eigenvalue weighted by Crippen LogP contribution is 2.22. The lowest BCUT2D eigenvalue weighted by Crippen LogP contribution is -2.17. The van der Waals surface area contributed by atoms with Crippen LogP contribution in [0.2, 0.25) is 0 Å². The maximum Gasteiger partial charge on any atom is 0.125 e. The van der Waals surface area contributed by atoms with Gasteiger partial charge in [0.15, 0.2) is 0 Å². The minimum absolute atomic E-state index is 0.194. The highest BCUT2D eigenvalue weighted by Gasteiger charge is 2.02. The summed E-state index contributed by atoms with van der Waals surface area (Å²) in [5.41, 5.74) is 3.44. The molecule has 0 aliphatic heterocycles. The largest absolute Gasteiger partial charge is 0.493 e. The first-order valence-electron chi connectivity index (χ1n) is 7.31. The van der Waals surface area contributed by atoms with Crippen LogP contribution in [-0.2, 0) is 6.54 Å². The Morgan fingerprint density at radius 1 is 1.00 bits per heavy atom. The number of benzene rings is 2. The van der Waals surface area contributed by atoms with E-state index in [9.17, 15) is 4.39 Å². The van der Waals surface area contributed by atoms with E-state index in [2.05, 4.69) is 31.3 Å². The van der Waals surface area contributed by atoms with Gasteiger partial charge in [0, 0.05) is 6.54 Å². The molecule has 2 nitrogen and oxygen atoms in total. The van der Waals surface area contributed by atoms with E-state index in [1.165, 1.54) is 23.3 Å². The van der Waals surface area contributed by atoms with Gasteiger partial charge in [0.25, 0.3) is 0 Å². The van der Waals surface area contributed by atoms with Crippen LogP contribution >= 0.6 is 0 Å². The van der Waals surface area contributed by atoms with Crippen LogP contribution in [0, 0.1) is 19.7 Å².